The number of para-hydroxylation sites is 1. The SMILES string of the molecule is O=[SH](=O)c1cccc2c1OCC2. The summed E-state index contributed by atoms with van der Waals surface area (Å²) in [4.78, 5) is 0.306. The van der Waals surface area contributed by atoms with E-state index in [1.807, 2.05) is 6.07 Å². The highest BCUT2D eigenvalue weighted by Crippen LogP contribution is 2.29. The summed E-state index contributed by atoms with van der Waals surface area (Å²) in [6.45, 7) is 0.593. The number of benzene rings is 1. The fraction of sp³-hybridized carbons (Fsp3) is 0.250. The molecule has 0 atom stereocenters. The molecule has 12 heavy (non-hydrogen) atoms. The molecule has 2 rings (SSSR count). The summed E-state index contributed by atoms with van der Waals surface area (Å²) < 4.78 is 26.6. The third-order valence-corrected chi connectivity index (χ3v) is 2.64. The Hall–Kier alpha value is -1.03. The number of hydrogen-bond donors (Lipinski definition) is 1. The number of thiol groups is 1. The van der Waals surface area contributed by atoms with Gasteiger partial charge in [-0.25, -0.2) is 8.42 Å². The highest BCUT2D eigenvalue weighted by molar-refractivity contribution is 7.72. The lowest BCUT2D eigenvalue weighted by molar-refractivity contribution is 0.349. The van der Waals surface area contributed by atoms with Crippen LogP contribution in [0.4, 0.5) is 0 Å². The molecule has 1 aliphatic rings. The number of ether oxygens (including phenoxy) is 1. The lowest BCUT2D eigenvalue weighted by atomic mass is 10.2. The van der Waals surface area contributed by atoms with E-state index >= 15 is 0 Å². The van der Waals surface area contributed by atoms with E-state index in [4.69, 9.17) is 4.74 Å². The summed E-state index contributed by atoms with van der Waals surface area (Å²) in [5, 5.41) is 0. The van der Waals surface area contributed by atoms with Gasteiger partial charge in [-0.1, -0.05) is 12.1 Å². The molecule has 1 aliphatic heterocycles. The van der Waals surface area contributed by atoms with Crippen LogP contribution in [0.1, 0.15) is 5.56 Å². The zero-order chi connectivity index (χ0) is 8.55. The third-order valence-electron chi connectivity index (χ3n) is 1.89. The van der Waals surface area contributed by atoms with Crippen LogP contribution < -0.4 is 4.74 Å². The molecule has 0 N–H and O–H groups in total. The summed E-state index contributed by atoms with van der Waals surface area (Å²) in [7, 11) is -2.52. The highest BCUT2D eigenvalue weighted by Gasteiger charge is 2.16. The molecule has 0 unspecified atom stereocenters. The van der Waals surface area contributed by atoms with Crippen molar-refractivity contribution in [3.8, 4) is 5.75 Å². The molecule has 0 spiro atoms. The maximum atomic E-state index is 10.7. The summed E-state index contributed by atoms with van der Waals surface area (Å²) >= 11 is 0. The smallest absolute Gasteiger partial charge is 0.171 e. The Kier molecular flexibility index (Phi) is 1.77. The van der Waals surface area contributed by atoms with Crippen LogP contribution in [0.2, 0.25) is 0 Å². The molecule has 0 fully saturated rings. The van der Waals surface area contributed by atoms with Crippen molar-refractivity contribution in [2.75, 3.05) is 6.61 Å². The van der Waals surface area contributed by atoms with Crippen molar-refractivity contribution in [2.45, 2.75) is 11.3 Å². The molecule has 0 radical (unpaired) electrons. The van der Waals surface area contributed by atoms with E-state index in [1.54, 1.807) is 12.1 Å². The number of rotatable bonds is 1. The van der Waals surface area contributed by atoms with Crippen LogP contribution in [-0.4, -0.2) is 15.0 Å². The van der Waals surface area contributed by atoms with E-state index in [-0.39, 0.29) is 0 Å². The van der Waals surface area contributed by atoms with Gasteiger partial charge in [-0.3, -0.25) is 0 Å². The average Bonchev–Trinajstić information content (AvgIpc) is 2.49. The minimum absolute atomic E-state index is 0.306. The molecule has 1 heterocycles. The molecule has 0 aliphatic carbocycles. The summed E-state index contributed by atoms with van der Waals surface area (Å²) in [5.41, 5.74) is 0.992. The minimum atomic E-state index is -2.52. The zero-order valence-electron chi connectivity index (χ0n) is 6.32. The van der Waals surface area contributed by atoms with Crippen molar-refractivity contribution in [2.24, 2.45) is 0 Å². The first kappa shape index (κ1) is 7.61. The largest absolute Gasteiger partial charge is 0.492 e. The lowest BCUT2D eigenvalue weighted by Crippen LogP contribution is -1.89. The van der Waals surface area contributed by atoms with Gasteiger partial charge in [0.05, 0.1) is 6.61 Å². The molecule has 64 valence electrons. The zero-order valence-corrected chi connectivity index (χ0v) is 7.21. The molecule has 0 aromatic heterocycles. The highest BCUT2D eigenvalue weighted by atomic mass is 32.2. The second-order valence-electron chi connectivity index (χ2n) is 2.62. The normalized spacial score (nSPS) is 14.4. The molecule has 1 aromatic carbocycles. The quantitative estimate of drug-likeness (QED) is 0.650. The molecular formula is C8H8O3S. The first-order chi connectivity index (χ1) is 5.79. The van der Waals surface area contributed by atoms with E-state index in [9.17, 15) is 8.42 Å². The Balaban J connectivity index is 2.64. The van der Waals surface area contributed by atoms with E-state index in [0.29, 0.717) is 17.3 Å². The summed E-state index contributed by atoms with van der Waals surface area (Å²) in [6.07, 6.45) is 0.812. The molecular weight excluding hydrogens is 176 g/mol. The molecule has 3 nitrogen and oxygen atoms in total. The monoisotopic (exact) mass is 184 g/mol. The molecule has 1 aromatic rings. The Morgan fingerprint density at radius 1 is 1.33 bits per heavy atom. The van der Waals surface area contributed by atoms with Crippen LogP contribution in [0.15, 0.2) is 23.1 Å². The van der Waals surface area contributed by atoms with E-state index in [1.165, 1.54) is 0 Å². The van der Waals surface area contributed by atoms with Gasteiger partial charge in [0, 0.05) is 6.42 Å². The van der Waals surface area contributed by atoms with Crippen molar-refractivity contribution in [3.05, 3.63) is 23.8 Å². The minimum Gasteiger partial charge on any atom is -0.492 e. The maximum Gasteiger partial charge on any atom is 0.171 e. The van der Waals surface area contributed by atoms with Crippen LogP contribution in [0.5, 0.6) is 5.75 Å². The second-order valence-corrected chi connectivity index (χ2v) is 3.62. The Morgan fingerprint density at radius 2 is 2.17 bits per heavy atom. The van der Waals surface area contributed by atoms with Gasteiger partial charge in [0.1, 0.15) is 10.6 Å². The van der Waals surface area contributed by atoms with Crippen molar-refractivity contribution < 1.29 is 13.2 Å². The summed E-state index contributed by atoms with van der Waals surface area (Å²) in [6, 6.07) is 5.20. The van der Waals surface area contributed by atoms with Crippen LogP contribution in [-0.2, 0) is 17.1 Å². The fourth-order valence-electron chi connectivity index (χ4n) is 1.34. The van der Waals surface area contributed by atoms with Crippen LogP contribution in [0.25, 0.3) is 0 Å². The fourth-order valence-corrected chi connectivity index (χ4v) is 1.92. The lowest BCUT2D eigenvalue weighted by Gasteiger charge is -2.00. The van der Waals surface area contributed by atoms with Crippen molar-refractivity contribution in [1.82, 2.24) is 0 Å². The van der Waals surface area contributed by atoms with E-state index in [2.05, 4.69) is 0 Å². The van der Waals surface area contributed by atoms with Gasteiger partial charge >= 0.3 is 0 Å². The number of hydrogen-bond acceptors (Lipinski definition) is 3. The second kappa shape index (κ2) is 2.79. The number of fused-ring (bicyclic) bond motifs is 1. The topological polar surface area (TPSA) is 43.4 Å². The van der Waals surface area contributed by atoms with Gasteiger partial charge in [0.15, 0.2) is 10.7 Å². The maximum absolute atomic E-state index is 10.7. The Morgan fingerprint density at radius 3 is 2.92 bits per heavy atom. The van der Waals surface area contributed by atoms with Gasteiger partial charge in [-0.05, 0) is 11.6 Å². The van der Waals surface area contributed by atoms with Gasteiger partial charge in [0.2, 0.25) is 0 Å². The van der Waals surface area contributed by atoms with Gasteiger partial charge < -0.3 is 4.74 Å². The Labute approximate surface area is 71.9 Å². The summed E-state index contributed by atoms with van der Waals surface area (Å²) in [5.74, 6) is 0.550. The standard InChI is InChI=1S/C8H8O3S/c9-12(10)7-3-1-2-6-4-5-11-8(6)7/h1-3,12H,4-5H2. The predicted molar refractivity (Wildman–Crippen MR) is 44.2 cm³/mol. The van der Waals surface area contributed by atoms with Crippen molar-refractivity contribution in [3.63, 3.8) is 0 Å². The third kappa shape index (κ3) is 1.08. The van der Waals surface area contributed by atoms with E-state index in [0.717, 1.165) is 12.0 Å². The van der Waals surface area contributed by atoms with Crippen LogP contribution >= 0.6 is 0 Å². The van der Waals surface area contributed by atoms with Crippen molar-refractivity contribution >= 4 is 10.7 Å². The average molecular weight is 184 g/mol. The Bertz CT molecular complexity index is 374. The van der Waals surface area contributed by atoms with Crippen LogP contribution in [0.3, 0.4) is 0 Å². The first-order valence-corrected chi connectivity index (χ1v) is 4.86. The molecule has 0 amide bonds. The van der Waals surface area contributed by atoms with Gasteiger partial charge in [-0.2, -0.15) is 0 Å². The van der Waals surface area contributed by atoms with Crippen LogP contribution in [0, 0.1) is 0 Å². The predicted octanol–water partition coefficient (Wildman–Crippen LogP) is 0.592. The van der Waals surface area contributed by atoms with Gasteiger partial charge in [-0.15, -0.1) is 0 Å². The van der Waals surface area contributed by atoms with E-state index < -0.39 is 10.7 Å². The van der Waals surface area contributed by atoms with Crippen molar-refractivity contribution in [1.29, 1.82) is 0 Å². The first-order valence-electron chi connectivity index (χ1n) is 3.68. The molecule has 4 heteroatoms. The molecule has 0 bridgehead atoms. The molecule has 0 saturated carbocycles. The van der Waals surface area contributed by atoms with Gasteiger partial charge in [0.25, 0.3) is 0 Å². The molecule has 0 saturated heterocycles.